The van der Waals surface area contributed by atoms with Crippen molar-refractivity contribution in [2.75, 3.05) is 0 Å². The third kappa shape index (κ3) is 7.60. The van der Waals surface area contributed by atoms with Gasteiger partial charge in [0, 0.05) is 78.8 Å². The molecule has 1 aliphatic rings. The molecule has 5 aromatic rings. The van der Waals surface area contributed by atoms with Crippen molar-refractivity contribution in [1.29, 1.82) is 0 Å². The second kappa shape index (κ2) is 15.5. The zero-order valence-electron chi connectivity index (χ0n) is 28.7. The number of carbonyl (C=O) groups excluding carboxylic acids is 1. The summed E-state index contributed by atoms with van der Waals surface area (Å²) < 4.78 is 6.38. The summed E-state index contributed by atoms with van der Waals surface area (Å²) >= 11 is 0. The van der Waals surface area contributed by atoms with Gasteiger partial charge in [-0.15, -0.1) is 29.1 Å². The zero-order valence-corrected chi connectivity index (χ0v) is 31.1. The minimum Gasteiger partial charge on any atom is -0.512 e. The van der Waals surface area contributed by atoms with Crippen molar-refractivity contribution in [3.8, 4) is 22.6 Å². The molecule has 0 saturated heterocycles. The number of fused-ring (bicyclic) bond motifs is 6. The predicted octanol–water partition coefficient (Wildman–Crippen LogP) is 10.8. The molecule has 249 valence electrons. The fourth-order valence-electron chi connectivity index (χ4n) is 6.63. The number of furan rings is 1. The Morgan fingerprint density at radius 2 is 1.68 bits per heavy atom. The Balaban J connectivity index is 0.000000269. The maximum Gasteiger partial charge on any atom is 0.162 e. The van der Waals surface area contributed by atoms with Crippen molar-refractivity contribution >= 4 is 27.5 Å². The number of hydrogen-bond donors (Lipinski definition) is 1. The topological polar surface area (TPSA) is 76.2 Å². The van der Waals surface area contributed by atoms with Crippen LogP contribution in [0.4, 0.5) is 0 Å². The molecule has 6 heteroatoms. The van der Waals surface area contributed by atoms with E-state index in [0.29, 0.717) is 0 Å². The Morgan fingerprint density at radius 3 is 2.36 bits per heavy atom. The first kappa shape index (κ1) is 36.2. The average molecular weight is 808 g/mol. The molecule has 0 amide bonds. The molecule has 1 N–H and O–H groups in total. The van der Waals surface area contributed by atoms with E-state index in [0.717, 1.165) is 77.5 Å². The number of ketones is 1. The van der Waals surface area contributed by atoms with E-state index in [1.807, 2.05) is 52.4 Å². The third-order valence-electron chi connectivity index (χ3n) is 9.41. The van der Waals surface area contributed by atoms with Crippen molar-refractivity contribution in [2.24, 2.45) is 11.8 Å². The van der Waals surface area contributed by atoms with Crippen LogP contribution in [0, 0.1) is 17.9 Å². The number of pyridine rings is 2. The molecule has 1 radical (unpaired) electrons. The van der Waals surface area contributed by atoms with E-state index < -0.39 is 0 Å². The minimum absolute atomic E-state index is 0. The smallest absolute Gasteiger partial charge is 0.162 e. The summed E-state index contributed by atoms with van der Waals surface area (Å²) in [5.41, 5.74) is 7.83. The van der Waals surface area contributed by atoms with Crippen LogP contribution in [0.3, 0.4) is 0 Å². The van der Waals surface area contributed by atoms with Gasteiger partial charge in [0.05, 0.1) is 5.76 Å². The Kier molecular flexibility index (Phi) is 12.0. The zero-order chi connectivity index (χ0) is 33.0. The molecule has 0 aliphatic heterocycles. The maximum absolute atomic E-state index is 11.7. The third-order valence-corrected chi connectivity index (χ3v) is 9.41. The number of nitrogens with zero attached hydrogens (tertiary/aromatic N) is 2. The summed E-state index contributed by atoms with van der Waals surface area (Å²) in [7, 11) is 0. The number of aryl methyl sites for hydroxylation is 2. The summed E-state index contributed by atoms with van der Waals surface area (Å²) in [5.74, 6) is 1.51. The van der Waals surface area contributed by atoms with Gasteiger partial charge in [0.25, 0.3) is 0 Å². The van der Waals surface area contributed by atoms with E-state index in [1.165, 1.54) is 28.2 Å². The first-order valence-corrected chi connectivity index (χ1v) is 16.8. The van der Waals surface area contributed by atoms with Crippen molar-refractivity contribution in [3.05, 3.63) is 95.6 Å². The number of aliphatic hydroxyl groups is 1. The van der Waals surface area contributed by atoms with E-state index in [1.54, 1.807) is 0 Å². The number of aliphatic hydroxyl groups excluding tert-OH is 1. The van der Waals surface area contributed by atoms with E-state index >= 15 is 0 Å². The second-order valence-electron chi connectivity index (χ2n) is 13.4. The Labute approximate surface area is 293 Å². The van der Waals surface area contributed by atoms with Gasteiger partial charge in [-0.2, -0.15) is 0 Å². The molecule has 0 fully saturated rings. The van der Waals surface area contributed by atoms with Gasteiger partial charge >= 0.3 is 0 Å². The number of rotatable bonds is 8. The van der Waals surface area contributed by atoms with E-state index in [-0.39, 0.29) is 48.9 Å². The molecular weight excluding hydrogens is 761 g/mol. The summed E-state index contributed by atoms with van der Waals surface area (Å²) in [6.07, 6.45) is 12.4. The monoisotopic (exact) mass is 808 g/mol. The van der Waals surface area contributed by atoms with Gasteiger partial charge in [-0.3, -0.25) is 14.8 Å². The van der Waals surface area contributed by atoms with Gasteiger partial charge in [-0.1, -0.05) is 77.6 Å². The van der Waals surface area contributed by atoms with E-state index in [2.05, 4.69) is 68.2 Å². The fourth-order valence-corrected chi connectivity index (χ4v) is 6.63. The molecular formula is C41H47IrN2O3-. The normalized spacial score (nSPS) is 12.8. The van der Waals surface area contributed by atoms with Crippen LogP contribution in [-0.2, 0) is 43.2 Å². The van der Waals surface area contributed by atoms with Crippen LogP contribution in [-0.4, -0.2) is 20.9 Å². The van der Waals surface area contributed by atoms with Crippen LogP contribution in [0.5, 0.6) is 0 Å². The molecule has 1 aliphatic carbocycles. The van der Waals surface area contributed by atoms with E-state index in [9.17, 15) is 9.90 Å². The predicted molar refractivity (Wildman–Crippen MR) is 189 cm³/mol. The molecule has 0 saturated carbocycles. The largest absolute Gasteiger partial charge is 0.512 e. The first-order chi connectivity index (χ1) is 22.1. The molecule has 2 aromatic carbocycles. The molecule has 6 rings (SSSR count). The molecule has 0 spiro atoms. The number of benzene rings is 2. The van der Waals surface area contributed by atoms with Gasteiger partial charge in [0.2, 0.25) is 0 Å². The van der Waals surface area contributed by atoms with Crippen LogP contribution in [0.25, 0.3) is 44.3 Å². The van der Waals surface area contributed by atoms with Crippen molar-refractivity contribution in [2.45, 2.75) is 92.4 Å². The molecule has 5 nitrogen and oxygen atoms in total. The molecule has 47 heavy (non-hydrogen) atoms. The Bertz CT molecular complexity index is 1870. The molecule has 3 aromatic heterocycles. The number of carbonyl (C=O) groups is 1. The average Bonchev–Trinajstić information content (AvgIpc) is 3.45. The Morgan fingerprint density at radius 1 is 0.979 bits per heavy atom. The van der Waals surface area contributed by atoms with Crippen LogP contribution in [0.15, 0.2) is 77.3 Å². The van der Waals surface area contributed by atoms with Crippen molar-refractivity contribution in [3.63, 3.8) is 0 Å². The van der Waals surface area contributed by atoms with Crippen LogP contribution < -0.4 is 0 Å². The minimum atomic E-state index is 0. The number of aromatic nitrogens is 2. The molecule has 3 heterocycles. The standard InChI is InChI=1S/C28H23N2O.C13H24O2.Ir/c1-28(2,3)23-15-19(14-17-6-4-5-7-20(17)23)26-25-22-9-8-18-16-29-12-10-21(18)27(22)31-24(25)11-13-30-26;1-5-10(6-2)12(14)9-13(15)11(7-3)8-4;/h4-7,10-13,15-16H,8-9H2,1-3H3;9-11,14H,5-8H2,1-4H3;/q-1;;/b;12-9-;. The van der Waals surface area contributed by atoms with Gasteiger partial charge in [-0.05, 0) is 61.6 Å². The molecule has 0 atom stereocenters. The maximum atomic E-state index is 11.7. The quantitative estimate of drug-likeness (QED) is 0.0960. The van der Waals surface area contributed by atoms with Gasteiger partial charge in [-0.25, -0.2) is 0 Å². The van der Waals surface area contributed by atoms with E-state index in [4.69, 9.17) is 9.40 Å². The van der Waals surface area contributed by atoms with Crippen molar-refractivity contribution < 1.29 is 34.4 Å². The summed E-state index contributed by atoms with van der Waals surface area (Å²) in [6.45, 7) is 14.9. The molecule has 0 bridgehead atoms. The summed E-state index contributed by atoms with van der Waals surface area (Å²) in [5, 5.41) is 13.3. The summed E-state index contributed by atoms with van der Waals surface area (Å²) in [6, 6.07) is 18.5. The second-order valence-corrected chi connectivity index (χ2v) is 13.4. The van der Waals surface area contributed by atoms with Crippen LogP contribution in [0.1, 0.15) is 90.8 Å². The van der Waals surface area contributed by atoms with Gasteiger partial charge in [0.15, 0.2) is 5.78 Å². The van der Waals surface area contributed by atoms with Gasteiger partial charge < -0.3 is 9.52 Å². The first-order valence-electron chi connectivity index (χ1n) is 16.8. The number of hydrogen-bond acceptors (Lipinski definition) is 5. The Hall–Kier alpha value is -3.60. The van der Waals surface area contributed by atoms with Crippen LogP contribution >= 0.6 is 0 Å². The number of allylic oxidation sites excluding steroid dienone is 2. The fraction of sp³-hybridized carbons (Fsp3) is 0.390. The molecule has 0 unspecified atom stereocenters. The van der Waals surface area contributed by atoms with Gasteiger partial charge in [0.1, 0.15) is 11.3 Å². The SMILES string of the molecule is CC(C)(C)c1cc(-c2nccc3oc4c(c23)CCc2cnccc2-4)[c-]c2ccccc12.CCC(CC)C(=O)/C=C(\O)C(CC)CC.[Ir]. The van der Waals surface area contributed by atoms with Crippen molar-refractivity contribution in [1.82, 2.24) is 9.97 Å². The van der Waals surface area contributed by atoms with Crippen LogP contribution in [0.2, 0.25) is 0 Å². The summed E-state index contributed by atoms with van der Waals surface area (Å²) in [4.78, 5) is 20.8.